The minimum atomic E-state index is -2.86. The van der Waals surface area contributed by atoms with E-state index < -0.39 is 6.61 Å². The summed E-state index contributed by atoms with van der Waals surface area (Å²) in [4.78, 5) is 4.31. The third kappa shape index (κ3) is 3.81. The second kappa shape index (κ2) is 6.70. The molecule has 20 heavy (non-hydrogen) atoms. The van der Waals surface area contributed by atoms with Crippen molar-refractivity contribution in [2.75, 3.05) is 17.2 Å². The zero-order valence-corrected chi connectivity index (χ0v) is 10.9. The molecule has 0 aliphatic heterocycles. The van der Waals surface area contributed by atoms with Crippen molar-refractivity contribution in [1.82, 2.24) is 4.98 Å². The van der Waals surface area contributed by atoms with E-state index in [2.05, 4.69) is 20.4 Å². The van der Waals surface area contributed by atoms with Gasteiger partial charge in [0.1, 0.15) is 17.4 Å². The fraction of sp³-hybridized carbons (Fsp3) is 0.214. The Balaban J connectivity index is 2.19. The van der Waals surface area contributed by atoms with Gasteiger partial charge in [0.2, 0.25) is 0 Å². The van der Waals surface area contributed by atoms with Gasteiger partial charge in [0, 0.05) is 6.54 Å². The first-order chi connectivity index (χ1) is 9.69. The Morgan fingerprint density at radius 2 is 1.85 bits per heavy atom. The predicted octanol–water partition coefficient (Wildman–Crippen LogP) is 3.86. The lowest BCUT2D eigenvalue weighted by Gasteiger charge is -2.12. The van der Waals surface area contributed by atoms with Gasteiger partial charge in [-0.15, -0.1) is 0 Å². The zero-order chi connectivity index (χ0) is 14.4. The molecule has 1 aromatic heterocycles. The molecule has 6 heteroatoms. The fourth-order valence-electron chi connectivity index (χ4n) is 1.69. The molecule has 0 saturated heterocycles. The molecule has 0 bridgehead atoms. The van der Waals surface area contributed by atoms with E-state index in [0.717, 1.165) is 6.54 Å². The number of para-hydroxylation sites is 2. The van der Waals surface area contributed by atoms with Crippen LogP contribution in [0.15, 0.2) is 42.5 Å². The van der Waals surface area contributed by atoms with Gasteiger partial charge in [0.25, 0.3) is 0 Å². The number of halogens is 2. The first-order valence-corrected chi connectivity index (χ1v) is 6.21. The third-order valence-corrected chi connectivity index (χ3v) is 2.47. The Kier molecular flexibility index (Phi) is 4.70. The maximum absolute atomic E-state index is 12.3. The SMILES string of the molecule is CCNc1cccc(Nc2ccccc2OC(F)F)n1. The Morgan fingerprint density at radius 1 is 1.10 bits per heavy atom. The molecule has 0 radical (unpaired) electrons. The monoisotopic (exact) mass is 279 g/mol. The van der Waals surface area contributed by atoms with Crippen LogP contribution in [0, 0.1) is 0 Å². The smallest absolute Gasteiger partial charge is 0.387 e. The number of nitrogens with zero attached hydrogens (tertiary/aromatic N) is 1. The number of ether oxygens (including phenoxy) is 1. The number of alkyl halides is 2. The molecular formula is C14H15F2N3O. The van der Waals surface area contributed by atoms with E-state index in [1.165, 1.54) is 6.07 Å². The van der Waals surface area contributed by atoms with Crippen molar-refractivity contribution in [3.05, 3.63) is 42.5 Å². The molecule has 0 fully saturated rings. The summed E-state index contributed by atoms with van der Waals surface area (Å²) in [6.45, 7) is -0.145. The number of hydrogen-bond donors (Lipinski definition) is 2. The summed E-state index contributed by atoms with van der Waals surface area (Å²) in [6.07, 6.45) is 0. The number of anilines is 3. The molecule has 4 nitrogen and oxygen atoms in total. The van der Waals surface area contributed by atoms with Gasteiger partial charge in [-0.05, 0) is 31.2 Å². The van der Waals surface area contributed by atoms with E-state index >= 15 is 0 Å². The minimum Gasteiger partial charge on any atom is -0.433 e. The molecule has 0 amide bonds. The minimum absolute atomic E-state index is 0.0816. The highest BCUT2D eigenvalue weighted by Crippen LogP contribution is 2.28. The van der Waals surface area contributed by atoms with Gasteiger partial charge in [-0.25, -0.2) is 4.98 Å². The van der Waals surface area contributed by atoms with Crippen LogP contribution in [0.5, 0.6) is 5.75 Å². The van der Waals surface area contributed by atoms with Gasteiger partial charge in [0.05, 0.1) is 5.69 Å². The third-order valence-electron chi connectivity index (χ3n) is 2.47. The van der Waals surface area contributed by atoms with Crippen LogP contribution in [-0.2, 0) is 0 Å². The molecule has 0 atom stereocenters. The first kappa shape index (κ1) is 14.0. The average molecular weight is 279 g/mol. The maximum atomic E-state index is 12.3. The van der Waals surface area contributed by atoms with Crippen molar-refractivity contribution in [1.29, 1.82) is 0 Å². The Bertz CT molecular complexity index is 564. The second-order valence-corrected chi connectivity index (χ2v) is 3.94. The number of rotatable bonds is 6. The summed E-state index contributed by atoms with van der Waals surface area (Å²) in [7, 11) is 0. The van der Waals surface area contributed by atoms with Gasteiger partial charge in [0.15, 0.2) is 0 Å². The lowest BCUT2D eigenvalue weighted by molar-refractivity contribution is -0.0493. The highest BCUT2D eigenvalue weighted by atomic mass is 19.3. The molecule has 0 unspecified atom stereocenters. The van der Waals surface area contributed by atoms with Crippen LogP contribution in [0.25, 0.3) is 0 Å². The standard InChI is InChI=1S/C14H15F2N3O/c1-2-17-12-8-5-9-13(19-12)18-10-6-3-4-7-11(10)20-14(15)16/h3-9,14H,2H2,1H3,(H2,17,18,19). The molecule has 0 spiro atoms. The van der Waals surface area contributed by atoms with Crippen molar-refractivity contribution < 1.29 is 13.5 Å². The first-order valence-electron chi connectivity index (χ1n) is 6.21. The fourth-order valence-corrected chi connectivity index (χ4v) is 1.69. The lowest BCUT2D eigenvalue weighted by atomic mass is 10.3. The number of hydrogen-bond acceptors (Lipinski definition) is 4. The van der Waals surface area contributed by atoms with Crippen molar-refractivity contribution in [2.24, 2.45) is 0 Å². The van der Waals surface area contributed by atoms with Gasteiger partial charge >= 0.3 is 6.61 Å². The van der Waals surface area contributed by atoms with Crippen molar-refractivity contribution >= 4 is 17.3 Å². The van der Waals surface area contributed by atoms with E-state index in [0.29, 0.717) is 17.3 Å². The van der Waals surface area contributed by atoms with Crippen LogP contribution < -0.4 is 15.4 Å². The largest absolute Gasteiger partial charge is 0.433 e. The Labute approximate surface area is 115 Å². The molecule has 1 heterocycles. The zero-order valence-electron chi connectivity index (χ0n) is 10.9. The molecule has 2 aromatic rings. The lowest BCUT2D eigenvalue weighted by Crippen LogP contribution is -2.05. The maximum Gasteiger partial charge on any atom is 0.387 e. The number of benzene rings is 1. The molecule has 0 saturated carbocycles. The Hall–Kier alpha value is -2.37. The van der Waals surface area contributed by atoms with Crippen molar-refractivity contribution in [2.45, 2.75) is 13.5 Å². The quantitative estimate of drug-likeness (QED) is 0.843. The molecule has 0 aliphatic rings. The summed E-state index contributed by atoms with van der Waals surface area (Å²) in [6, 6.07) is 11.9. The van der Waals surface area contributed by atoms with E-state index in [9.17, 15) is 8.78 Å². The van der Waals surface area contributed by atoms with Crippen molar-refractivity contribution in [3.63, 3.8) is 0 Å². The number of aromatic nitrogens is 1. The molecule has 2 N–H and O–H groups in total. The summed E-state index contributed by atoms with van der Waals surface area (Å²) < 4.78 is 29.1. The van der Waals surface area contributed by atoms with Crippen molar-refractivity contribution in [3.8, 4) is 5.75 Å². The molecule has 1 aromatic carbocycles. The van der Waals surface area contributed by atoms with Crippen LogP contribution in [0.4, 0.5) is 26.1 Å². The van der Waals surface area contributed by atoms with Crippen LogP contribution in [0.3, 0.4) is 0 Å². The van der Waals surface area contributed by atoms with E-state index in [4.69, 9.17) is 0 Å². The molecule has 106 valence electrons. The summed E-state index contributed by atoms with van der Waals surface area (Å²) in [5.41, 5.74) is 0.439. The second-order valence-electron chi connectivity index (χ2n) is 3.94. The normalized spacial score (nSPS) is 10.4. The van der Waals surface area contributed by atoms with Gasteiger partial charge in [-0.1, -0.05) is 18.2 Å². The molecular weight excluding hydrogens is 264 g/mol. The number of pyridine rings is 1. The molecule has 2 rings (SSSR count). The summed E-state index contributed by atoms with van der Waals surface area (Å²) >= 11 is 0. The van der Waals surface area contributed by atoms with Crippen LogP contribution in [-0.4, -0.2) is 18.1 Å². The van der Waals surface area contributed by atoms with Crippen LogP contribution in [0.1, 0.15) is 6.92 Å². The van der Waals surface area contributed by atoms with E-state index in [1.807, 2.05) is 19.1 Å². The topological polar surface area (TPSA) is 46.2 Å². The molecule has 0 aliphatic carbocycles. The highest BCUT2D eigenvalue weighted by molar-refractivity contribution is 5.64. The van der Waals surface area contributed by atoms with Gasteiger partial charge < -0.3 is 15.4 Å². The summed E-state index contributed by atoms with van der Waals surface area (Å²) in [5.74, 6) is 1.34. The van der Waals surface area contributed by atoms with Gasteiger partial charge in [-0.3, -0.25) is 0 Å². The van der Waals surface area contributed by atoms with Gasteiger partial charge in [-0.2, -0.15) is 8.78 Å². The van der Waals surface area contributed by atoms with Crippen LogP contribution in [0.2, 0.25) is 0 Å². The summed E-state index contributed by atoms with van der Waals surface area (Å²) in [5, 5.41) is 6.05. The number of nitrogens with one attached hydrogen (secondary N) is 2. The van der Waals surface area contributed by atoms with E-state index in [1.54, 1.807) is 24.3 Å². The van der Waals surface area contributed by atoms with E-state index in [-0.39, 0.29) is 5.75 Å². The Morgan fingerprint density at radius 3 is 2.60 bits per heavy atom. The highest BCUT2D eigenvalue weighted by Gasteiger charge is 2.09. The van der Waals surface area contributed by atoms with Crippen LogP contribution >= 0.6 is 0 Å². The predicted molar refractivity (Wildman–Crippen MR) is 74.8 cm³/mol. The average Bonchev–Trinajstić information content (AvgIpc) is 2.41.